The molecule has 4 rings (SSSR count). The molecule has 0 radical (unpaired) electrons. The number of aryl methyl sites for hydroxylation is 1. The van der Waals surface area contributed by atoms with E-state index in [1.54, 1.807) is 35.6 Å². The monoisotopic (exact) mass is 390 g/mol. The van der Waals surface area contributed by atoms with Crippen molar-refractivity contribution < 1.29 is 9.59 Å². The maximum Gasteiger partial charge on any atom is 0.258 e. The van der Waals surface area contributed by atoms with Crippen molar-refractivity contribution in [2.45, 2.75) is 25.7 Å². The zero-order valence-electron chi connectivity index (χ0n) is 15.6. The van der Waals surface area contributed by atoms with Crippen molar-refractivity contribution >= 4 is 34.5 Å². The smallest absolute Gasteiger partial charge is 0.258 e. The van der Waals surface area contributed by atoms with Gasteiger partial charge in [-0.05, 0) is 60.5 Å². The lowest BCUT2D eigenvalue weighted by atomic mass is 10.1. The molecule has 3 aromatic rings. The first-order chi connectivity index (χ1) is 13.7. The Balaban J connectivity index is 1.43. The van der Waals surface area contributed by atoms with E-state index in [2.05, 4.69) is 10.7 Å². The highest BCUT2D eigenvalue weighted by atomic mass is 32.1. The Morgan fingerprint density at radius 2 is 1.75 bits per heavy atom. The highest BCUT2D eigenvalue weighted by Crippen LogP contribution is 2.32. The maximum absolute atomic E-state index is 13.0. The van der Waals surface area contributed by atoms with Gasteiger partial charge in [-0.1, -0.05) is 30.3 Å². The number of rotatable bonds is 4. The van der Waals surface area contributed by atoms with Gasteiger partial charge in [0.2, 0.25) is 5.91 Å². The van der Waals surface area contributed by atoms with Gasteiger partial charge < -0.3 is 10.2 Å². The number of carbonyl (C=O) groups excluding carboxylic acids is 2. The van der Waals surface area contributed by atoms with Crippen LogP contribution in [0.15, 0.2) is 66.0 Å². The molecule has 4 nitrogen and oxygen atoms in total. The van der Waals surface area contributed by atoms with E-state index >= 15 is 0 Å². The fraction of sp³-hybridized carbons (Fsp3) is 0.217. The first-order valence-electron chi connectivity index (χ1n) is 9.53. The average Bonchev–Trinajstić information content (AvgIpc) is 3.08. The molecule has 1 aromatic heterocycles. The fourth-order valence-corrected chi connectivity index (χ4v) is 4.41. The van der Waals surface area contributed by atoms with E-state index in [1.807, 2.05) is 41.3 Å². The van der Waals surface area contributed by atoms with Crippen LogP contribution in [0, 0.1) is 0 Å². The molecule has 0 saturated carbocycles. The number of fused-ring (bicyclic) bond motifs is 1. The fourth-order valence-electron chi connectivity index (χ4n) is 3.49. The van der Waals surface area contributed by atoms with Crippen molar-refractivity contribution in [2.24, 2.45) is 0 Å². The third-order valence-electron chi connectivity index (χ3n) is 4.92. The number of nitrogens with zero attached hydrogens (tertiary/aromatic N) is 1. The van der Waals surface area contributed by atoms with E-state index < -0.39 is 0 Å². The number of amides is 2. The molecule has 1 aliphatic heterocycles. The lowest BCUT2D eigenvalue weighted by Crippen LogP contribution is -2.31. The topological polar surface area (TPSA) is 49.4 Å². The van der Waals surface area contributed by atoms with Crippen LogP contribution in [0.3, 0.4) is 0 Å². The third kappa shape index (κ3) is 4.15. The molecule has 5 heteroatoms. The lowest BCUT2D eigenvalue weighted by Gasteiger charge is -2.21. The molecule has 142 valence electrons. The Bertz CT molecular complexity index is 964. The van der Waals surface area contributed by atoms with Crippen LogP contribution >= 0.6 is 11.3 Å². The van der Waals surface area contributed by atoms with Crippen LogP contribution in [-0.2, 0) is 17.6 Å². The molecule has 2 heterocycles. The standard InChI is InChI=1S/C23H22N2O2S/c26-22(16-17-6-2-1-3-7-17)24-19-11-9-18(10-12-19)23(27)25-14-5-4-8-21-20(25)13-15-28-21/h1-3,6-7,9-13,15H,4-5,8,14,16H2,(H,24,26). The minimum Gasteiger partial charge on any atom is -0.326 e. The lowest BCUT2D eigenvalue weighted by molar-refractivity contribution is -0.115. The molecule has 0 bridgehead atoms. The van der Waals surface area contributed by atoms with Crippen LogP contribution in [-0.4, -0.2) is 18.4 Å². The van der Waals surface area contributed by atoms with Gasteiger partial charge in [0.1, 0.15) is 0 Å². The Hall–Kier alpha value is -2.92. The molecule has 0 fully saturated rings. The molecule has 1 N–H and O–H groups in total. The molecule has 2 aromatic carbocycles. The molecule has 2 amide bonds. The minimum absolute atomic E-state index is 0.0173. The van der Waals surface area contributed by atoms with E-state index in [9.17, 15) is 9.59 Å². The number of hydrogen-bond donors (Lipinski definition) is 1. The summed E-state index contributed by atoms with van der Waals surface area (Å²) in [5.41, 5.74) is 3.36. The van der Waals surface area contributed by atoms with Gasteiger partial charge in [-0.25, -0.2) is 0 Å². The largest absolute Gasteiger partial charge is 0.326 e. The second kappa shape index (κ2) is 8.40. The van der Waals surface area contributed by atoms with Gasteiger partial charge in [0.25, 0.3) is 5.91 Å². The summed E-state index contributed by atoms with van der Waals surface area (Å²) in [4.78, 5) is 28.4. The van der Waals surface area contributed by atoms with Crippen molar-refractivity contribution in [3.63, 3.8) is 0 Å². The summed E-state index contributed by atoms with van der Waals surface area (Å²) in [7, 11) is 0. The van der Waals surface area contributed by atoms with Crippen molar-refractivity contribution in [1.29, 1.82) is 0 Å². The second-order valence-electron chi connectivity index (χ2n) is 6.93. The number of hydrogen-bond acceptors (Lipinski definition) is 3. The van der Waals surface area contributed by atoms with Gasteiger partial charge in [-0.15, -0.1) is 11.3 Å². The maximum atomic E-state index is 13.0. The normalized spacial score (nSPS) is 13.5. The van der Waals surface area contributed by atoms with Crippen LogP contribution < -0.4 is 10.2 Å². The van der Waals surface area contributed by atoms with Crippen molar-refractivity contribution in [3.05, 3.63) is 82.0 Å². The van der Waals surface area contributed by atoms with Gasteiger partial charge in [0.05, 0.1) is 12.1 Å². The number of carbonyl (C=O) groups is 2. The molecule has 28 heavy (non-hydrogen) atoms. The Morgan fingerprint density at radius 3 is 2.54 bits per heavy atom. The SMILES string of the molecule is O=C(Cc1ccccc1)Nc1ccc(C(=O)N2CCCCc3sccc32)cc1. The van der Waals surface area contributed by atoms with Crippen molar-refractivity contribution in [3.8, 4) is 0 Å². The quantitative estimate of drug-likeness (QED) is 0.688. The predicted octanol–water partition coefficient (Wildman–Crippen LogP) is 4.91. The molecular formula is C23H22N2O2S. The number of thiophene rings is 1. The number of benzene rings is 2. The molecule has 0 aliphatic carbocycles. The minimum atomic E-state index is -0.0688. The second-order valence-corrected chi connectivity index (χ2v) is 7.93. The molecular weight excluding hydrogens is 368 g/mol. The summed E-state index contributed by atoms with van der Waals surface area (Å²) in [6.45, 7) is 0.748. The summed E-state index contributed by atoms with van der Waals surface area (Å²) in [5, 5.41) is 4.95. The highest BCUT2D eigenvalue weighted by Gasteiger charge is 2.23. The predicted molar refractivity (Wildman–Crippen MR) is 114 cm³/mol. The van der Waals surface area contributed by atoms with E-state index in [0.29, 0.717) is 17.7 Å². The van der Waals surface area contributed by atoms with Crippen LogP contribution in [0.1, 0.15) is 33.6 Å². The van der Waals surface area contributed by atoms with E-state index in [0.717, 1.165) is 37.1 Å². The zero-order chi connectivity index (χ0) is 19.3. The van der Waals surface area contributed by atoms with E-state index in [4.69, 9.17) is 0 Å². The summed E-state index contributed by atoms with van der Waals surface area (Å²) in [5.74, 6) is -0.0515. The first kappa shape index (κ1) is 18.4. The summed E-state index contributed by atoms with van der Waals surface area (Å²) >= 11 is 1.72. The summed E-state index contributed by atoms with van der Waals surface area (Å²) in [6, 6.07) is 18.8. The summed E-state index contributed by atoms with van der Waals surface area (Å²) < 4.78 is 0. The first-order valence-corrected chi connectivity index (χ1v) is 10.4. The molecule has 0 unspecified atom stereocenters. The van der Waals surface area contributed by atoms with Crippen LogP contribution in [0.25, 0.3) is 0 Å². The van der Waals surface area contributed by atoms with E-state index in [1.165, 1.54) is 4.88 Å². The van der Waals surface area contributed by atoms with Crippen molar-refractivity contribution in [1.82, 2.24) is 0 Å². The molecule has 0 atom stereocenters. The van der Waals surface area contributed by atoms with Crippen LogP contribution in [0.4, 0.5) is 11.4 Å². The average molecular weight is 391 g/mol. The van der Waals surface area contributed by atoms with Gasteiger partial charge >= 0.3 is 0 Å². The van der Waals surface area contributed by atoms with Gasteiger partial charge in [-0.2, -0.15) is 0 Å². The molecule has 0 spiro atoms. The Labute approximate surface area is 168 Å². The Morgan fingerprint density at radius 1 is 0.964 bits per heavy atom. The summed E-state index contributed by atoms with van der Waals surface area (Å²) in [6.07, 6.45) is 3.50. The van der Waals surface area contributed by atoms with Crippen molar-refractivity contribution in [2.75, 3.05) is 16.8 Å². The van der Waals surface area contributed by atoms with Gasteiger partial charge in [0, 0.05) is 22.7 Å². The van der Waals surface area contributed by atoms with E-state index in [-0.39, 0.29) is 11.8 Å². The highest BCUT2D eigenvalue weighted by molar-refractivity contribution is 7.10. The van der Waals surface area contributed by atoms with Gasteiger partial charge in [0.15, 0.2) is 0 Å². The number of nitrogens with one attached hydrogen (secondary N) is 1. The van der Waals surface area contributed by atoms with Crippen LogP contribution in [0.2, 0.25) is 0 Å². The van der Waals surface area contributed by atoms with Crippen LogP contribution in [0.5, 0.6) is 0 Å². The Kier molecular flexibility index (Phi) is 5.53. The third-order valence-corrected chi connectivity index (χ3v) is 5.89. The molecule has 0 saturated heterocycles. The zero-order valence-corrected chi connectivity index (χ0v) is 16.4. The van der Waals surface area contributed by atoms with Gasteiger partial charge in [-0.3, -0.25) is 9.59 Å². The molecule has 1 aliphatic rings. The number of anilines is 2.